The van der Waals surface area contributed by atoms with Crippen LogP contribution in [0.4, 0.5) is 24.8 Å². The number of hydrogen-bond donors (Lipinski definition) is 1. The molecule has 2 aromatic heterocycles. The van der Waals surface area contributed by atoms with Gasteiger partial charge in [0.2, 0.25) is 5.95 Å². The quantitative estimate of drug-likeness (QED) is 0.412. The lowest BCUT2D eigenvalue weighted by Gasteiger charge is -2.16. The Kier molecular flexibility index (Phi) is 5.29. The molecule has 0 bridgehead atoms. The molecule has 4 aromatic rings. The van der Waals surface area contributed by atoms with E-state index in [1.807, 2.05) is 0 Å². The molecule has 0 aliphatic rings. The summed E-state index contributed by atoms with van der Waals surface area (Å²) in [6.45, 7) is -0.218. The standard InChI is InChI=1S/C19H12BrClF3N5O/c1-28-6-10-3-17(12(21)4-16(10)27-28)25-19-26-18(30)11(20)8-29(19)7-9-2-14(23)15(24)5-13(9)22/h2-6,8H,7H2,1H3,(H,25,26,30). The van der Waals surface area contributed by atoms with Crippen LogP contribution in [0.1, 0.15) is 5.56 Å². The van der Waals surface area contributed by atoms with Crippen molar-refractivity contribution in [3.63, 3.8) is 0 Å². The first-order chi connectivity index (χ1) is 14.2. The zero-order chi connectivity index (χ0) is 21.6. The van der Waals surface area contributed by atoms with Gasteiger partial charge in [0.05, 0.1) is 22.8 Å². The summed E-state index contributed by atoms with van der Waals surface area (Å²) in [5.41, 5.74) is 0.421. The lowest BCUT2D eigenvalue weighted by atomic mass is 10.2. The first-order valence-electron chi connectivity index (χ1n) is 8.51. The van der Waals surface area contributed by atoms with Crippen molar-refractivity contribution < 1.29 is 13.2 Å². The molecule has 0 radical (unpaired) electrons. The molecule has 4 rings (SSSR count). The van der Waals surface area contributed by atoms with Gasteiger partial charge in [-0.25, -0.2) is 13.2 Å². The average Bonchev–Trinajstić information content (AvgIpc) is 3.02. The molecule has 0 amide bonds. The Morgan fingerprint density at radius 2 is 1.83 bits per heavy atom. The number of rotatable bonds is 4. The van der Waals surface area contributed by atoms with E-state index in [2.05, 4.69) is 31.3 Å². The fraction of sp³-hybridized carbons (Fsp3) is 0.105. The highest BCUT2D eigenvalue weighted by Crippen LogP contribution is 2.30. The Bertz CT molecular complexity index is 1350. The zero-order valence-corrected chi connectivity index (χ0v) is 17.6. The molecule has 11 heteroatoms. The van der Waals surface area contributed by atoms with Crippen LogP contribution in [0.3, 0.4) is 0 Å². The van der Waals surface area contributed by atoms with Gasteiger partial charge in [-0.05, 0) is 34.1 Å². The molecule has 6 nitrogen and oxygen atoms in total. The highest BCUT2D eigenvalue weighted by Gasteiger charge is 2.15. The Hall–Kier alpha value is -2.85. The Balaban J connectivity index is 1.77. The number of halogens is 5. The number of nitrogens with one attached hydrogen (secondary N) is 1. The van der Waals surface area contributed by atoms with Crippen LogP contribution in [0.15, 0.2) is 45.9 Å². The second-order valence-electron chi connectivity index (χ2n) is 6.52. The Morgan fingerprint density at radius 1 is 1.10 bits per heavy atom. The van der Waals surface area contributed by atoms with Crippen LogP contribution >= 0.6 is 27.5 Å². The van der Waals surface area contributed by atoms with Gasteiger partial charge in [0.15, 0.2) is 11.6 Å². The molecule has 0 aliphatic heterocycles. The maximum absolute atomic E-state index is 14.1. The molecule has 2 aromatic carbocycles. The number of aromatic nitrogens is 4. The molecule has 0 unspecified atom stereocenters. The van der Waals surface area contributed by atoms with Gasteiger partial charge in [-0.3, -0.25) is 9.48 Å². The summed E-state index contributed by atoms with van der Waals surface area (Å²) in [6, 6.07) is 4.60. The van der Waals surface area contributed by atoms with Crippen LogP contribution in [0.25, 0.3) is 10.9 Å². The van der Waals surface area contributed by atoms with Crippen molar-refractivity contribution in [2.45, 2.75) is 6.54 Å². The molecule has 0 saturated heterocycles. The lowest BCUT2D eigenvalue weighted by molar-refractivity contribution is 0.488. The van der Waals surface area contributed by atoms with Crippen molar-refractivity contribution in [1.29, 1.82) is 0 Å². The van der Waals surface area contributed by atoms with Crippen LogP contribution < -0.4 is 10.9 Å². The van der Waals surface area contributed by atoms with E-state index in [1.54, 1.807) is 30.1 Å². The fourth-order valence-electron chi connectivity index (χ4n) is 2.94. The number of benzene rings is 2. The summed E-state index contributed by atoms with van der Waals surface area (Å²) in [4.78, 5) is 16.0. The smallest absolute Gasteiger partial charge is 0.288 e. The normalized spacial score (nSPS) is 11.3. The minimum Gasteiger partial charge on any atom is -0.324 e. The summed E-state index contributed by atoms with van der Waals surface area (Å²) in [7, 11) is 1.77. The predicted octanol–water partition coefficient (Wildman–Crippen LogP) is 4.76. The van der Waals surface area contributed by atoms with E-state index >= 15 is 0 Å². The van der Waals surface area contributed by atoms with Crippen LogP contribution in [-0.2, 0) is 13.6 Å². The second kappa shape index (κ2) is 7.77. The van der Waals surface area contributed by atoms with Gasteiger partial charge in [-0.15, -0.1) is 0 Å². The number of hydrogen-bond acceptors (Lipinski definition) is 4. The topological polar surface area (TPSA) is 64.7 Å². The third-order valence-corrected chi connectivity index (χ3v) is 5.19. The van der Waals surface area contributed by atoms with Crippen molar-refractivity contribution in [3.8, 4) is 0 Å². The third-order valence-electron chi connectivity index (χ3n) is 4.34. The van der Waals surface area contributed by atoms with Gasteiger partial charge < -0.3 is 9.88 Å². The summed E-state index contributed by atoms with van der Waals surface area (Å²) in [5.74, 6) is -3.36. The number of aryl methyl sites for hydroxylation is 1. The minimum absolute atomic E-state index is 0.0393. The summed E-state index contributed by atoms with van der Waals surface area (Å²) >= 11 is 9.41. The van der Waals surface area contributed by atoms with E-state index in [1.165, 1.54) is 10.8 Å². The molecule has 1 N–H and O–H groups in total. The largest absolute Gasteiger partial charge is 0.324 e. The third kappa shape index (κ3) is 3.92. The lowest BCUT2D eigenvalue weighted by Crippen LogP contribution is -2.18. The molecule has 0 atom stereocenters. The fourth-order valence-corrected chi connectivity index (χ4v) is 3.48. The monoisotopic (exact) mass is 497 g/mol. The molecular formula is C19H12BrClF3N5O. The maximum Gasteiger partial charge on any atom is 0.288 e. The molecule has 0 fully saturated rings. The molecule has 154 valence electrons. The number of anilines is 2. The van der Waals surface area contributed by atoms with Gasteiger partial charge in [-0.1, -0.05) is 11.6 Å². The van der Waals surface area contributed by atoms with E-state index in [-0.39, 0.29) is 22.5 Å². The van der Waals surface area contributed by atoms with E-state index in [0.29, 0.717) is 22.3 Å². The highest BCUT2D eigenvalue weighted by atomic mass is 79.9. The Morgan fingerprint density at radius 3 is 2.60 bits per heavy atom. The van der Waals surface area contributed by atoms with E-state index in [4.69, 9.17) is 11.6 Å². The van der Waals surface area contributed by atoms with Crippen LogP contribution in [0.2, 0.25) is 5.02 Å². The Labute approximate surface area is 181 Å². The highest BCUT2D eigenvalue weighted by molar-refractivity contribution is 9.10. The number of fused-ring (bicyclic) bond motifs is 1. The van der Waals surface area contributed by atoms with Crippen LogP contribution in [-0.4, -0.2) is 19.3 Å². The van der Waals surface area contributed by atoms with E-state index in [0.717, 1.165) is 11.5 Å². The van der Waals surface area contributed by atoms with Gasteiger partial charge in [-0.2, -0.15) is 10.1 Å². The zero-order valence-electron chi connectivity index (χ0n) is 15.3. The minimum atomic E-state index is -1.29. The van der Waals surface area contributed by atoms with Crippen molar-refractivity contribution >= 4 is 50.1 Å². The van der Waals surface area contributed by atoms with Crippen LogP contribution in [0, 0.1) is 17.5 Å². The van der Waals surface area contributed by atoms with E-state index in [9.17, 15) is 18.0 Å². The second-order valence-corrected chi connectivity index (χ2v) is 7.78. The van der Waals surface area contributed by atoms with Gasteiger partial charge >= 0.3 is 0 Å². The SMILES string of the molecule is Cn1cc2cc(Nc3nc(=O)c(Br)cn3Cc3cc(F)c(F)cc3F)c(Cl)cc2n1. The molecule has 30 heavy (non-hydrogen) atoms. The van der Waals surface area contributed by atoms with Gasteiger partial charge in [0.1, 0.15) is 10.3 Å². The first-order valence-corrected chi connectivity index (χ1v) is 9.68. The molecule has 0 saturated carbocycles. The maximum atomic E-state index is 14.1. The van der Waals surface area contributed by atoms with Crippen molar-refractivity contribution in [2.75, 3.05) is 5.32 Å². The van der Waals surface area contributed by atoms with Gasteiger partial charge in [0, 0.05) is 36.5 Å². The molecular weight excluding hydrogens is 487 g/mol. The first kappa shape index (κ1) is 20.4. The molecule has 0 spiro atoms. The van der Waals surface area contributed by atoms with E-state index < -0.39 is 23.0 Å². The van der Waals surface area contributed by atoms with Crippen molar-refractivity contribution in [1.82, 2.24) is 19.3 Å². The van der Waals surface area contributed by atoms with Crippen molar-refractivity contribution in [2.24, 2.45) is 7.05 Å². The average molecular weight is 499 g/mol. The summed E-state index contributed by atoms with van der Waals surface area (Å²) < 4.78 is 44.1. The molecule has 0 aliphatic carbocycles. The van der Waals surface area contributed by atoms with Crippen LogP contribution in [0.5, 0.6) is 0 Å². The number of nitrogens with zero attached hydrogens (tertiary/aromatic N) is 4. The van der Waals surface area contributed by atoms with Gasteiger partial charge in [0.25, 0.3) is 5.56 Å². The summed E-state index contributed by atoms with van der Waals surface area (Å²) in [5, 5.41) is 8.33. The van der Waals surface area contributed by atoms with Crippen molar-refractivity contribution in [3.05, 3.63) is 79.5 Å². The summed E-state index contributed by atoms with van der Waals surface area (Å²) in [6.07, 6.45) is 3.16. The predicted molar refractivity (Wildman–Crippen MR) is 111 cm³/mol. The molecule has 2 heterocycles.